The molecule has 0 aromatic heterocycles. The van der Waals surface area contributed by atoms with Crippen LogP contribution in [0, 0.1) is 0 Å². The van der Waals surface area contributed by atoms with Crippen LogP contribution in [0.3, 0.4) is 0 Å². The molecule has 0 saturated carbocycles. The number of unbranched alkanes of at least 4 members (excludes halogenated alkanes) is 26. The Labute approximate surface area is 292 Å². The summed E-state index contributed by atoms with van der Waals surface area (Å²) in [6.07, 6.45) is 37.6. The number of rotatable bonds is 32. The summed E-state index contributed by atoms with van der Waals surface area (Å²) < 4.78 is 19.1. The first-order valence-electron chi connectivity index (χ1n) is 20.6. The average Bonchev–Trinajstić information content (AvgIpc) is 3.07. The first-order chi connectivity index (χ1) is 23.1. The Kier molecular flexibility index (Phi) is 26.4. The summed E-state index contributed by atoms with van der Waals surface area (Å²) in [6.45, 7) is 6.50. The second kappa shape index (κ2) is 29.6. The zero-order valence-corrected chi connectivity index (χ0v) is 31.8. The van der Waals surface area contributed by atoms with Gasteiger partial charge >= 0.3 is 0 Å². The number of fused-ring (bicyclic) bond motifs is 2. The van der Waals surface area contributed by atoms with E-state index in [0.717, 1.165) is 37.4 Å². The molecule has 5 nitrogen and oxygen atoms in total. The Hall–Kier alpha value is -1.30. The minimum atomic E-state index is -0.462. The number of hydrogen-bond acceptors (Lipinski definition) is 5. The average molecular weight is 659 g/mol. The highest BCUT2D eigenvalue weighted by Gasteiger charge is 2.28. The zero-order chi connectivity index (χ0) is 33.6. The molecule has 2 rings (SSSR count). The van der Waals surface area contributed by atoms with Crippen molar-refractivity contribution in [2.45, 2.75) is 206 Å². The fraction of sp³-hybridized carbons (Fsp3) is 0.857. The van der Waals surface area contributed by atoms with Gasteiger partial charge in [-0.3, -0.25) is 4.74 Å². The predicted octanol–water partition coefficient (Wildman–Crippen LogP) is 12.9. The molecule has 1 aromatic carbocycles. The molecule has 2 unspecified atom stereocenters. The molecule has 0 aliphatic carbocycles. The molecule has 274 valence electrons. The third-order valence-electron chi connectivity index (χ3n) is 9.96. The summed E-state index contributed by atoms with van der Waals surface area (Å²) in [6, 6.07) is 7.97. The third kappa shape index (κ3) is 22.1. The number of hydrogen-bond donors (Lipinski definition) is 0. The molecule has 0 radical (unpaired) electrons. The normalized spacial score (nSPS) is 16.3. The summed E-state index contributed by atoms with van der Waals surface area (Å²) in [5, 5.41) is 0. The lowest BCUT2D eigenvalue weighted by atomic mass is 10.0. The van der Waals surface area contributed by atoms with Gasteiger partial charge in [0.1, 0.15) is 11.5 Å². The first kappa shape index (κ1) is 41.9. The smallest absolute Gasteiger partial charge is 0.265 e. The Morgan fingerprint density at radius 3 is 1.00 bits per heavy atom. The van der Waals surface area contributed by atoms with Gasteiger partial charge in [0.05, 0.1) is 0 Å². The summed E-state index contributed by atoms with van der Waals surface area (Å²) in [5.41, 5.74) is 0. The molecule has 0 saturated heterocycles. The highest BCUT2D eigenvalue weighted by Crippen LogP contribution is 2.27. The summed E-state index contributed by atoms with van der Waals surface area (Å²) in [4.78, 5) is 4.41. The molecule has 0 amide bonds. The van der Waals surface area contributed by atoms with Gasteiger partial charge in [-0.05, 0) is 39.1 Å². The molecule has 47 heavy (non-hydrogen) atoms. The summed E-state index contributed by atoms with van der Waals surface area (Å²) >= 11 is 0. The van der Waals surface area contributed by atoms with Crippen molar-refractivity contribution in [3.8, 4) is 11.5 Å². The van der Waals surface area contributed by atoms with Crippen molar-refractivity contribution in [1.29, 1.82) is 0 Å². The molecule has 1 aliphatic heterocycles. The minimum Gasteiger partial charge on any atom is -0.451 e. The van der Waals surface area contributed by atoms with Crippen molar-refractivity contribution in [1.82, 2.24) is 9.80 Å². The second-order valence-electron chi connectivity index (χ2n) is 14.6. The van der Waals surface area contributed by atoms with Gasteiger partial charge in [-0.1, -0.05) is 187 Å². The standard InChI is InChI=1S/C42H78N2O3/c1-5-7-9-11-13-15-17-19-21-23-25-27-29-31-36-43(3)41-45-39-34-33-35-40(38-39)46-42(47-41)44(4)37-32-30-28-26-24-22-20-18-16-14-12-10-8-6-2/h33-35,38,41-42H,5-32,36-37H2,1-4H3. The van der Waals surface area contributed by atoms with Crippen LogP contribution in [0.1, 0.15) is 194 Å². The maximum Gasteiger partial charge on any atom is 0.265 e. The van der Waals surface area contributed by atoms with Crippen molar-refractivity contribution < 1.29 is 14.2 Å². The van der Waals surface area contributed by atoms with Gasteiger partial charge in [0, 0.05) is 19.2 Å². The van der Waals surface area contributed by atoms with E-state index in [-0.39, 0.29) is 0 Å². The quantitative estimate of drug-likeness (QED) is 0.0720. The van der Waals surface area contributed by atoms with E-state index in [4.69, 9.17) is 14.2 Å². The molecule has 0 spiro atoms. The van der Waals surface area contributed by atoms with Crippen LogP contribution in [0.4, 0.5) is 0 Å². The summed E-state index contributed by atoms with van der Waals surface area (Å²) in [7, 11) is 4.23. The van der Waals surface area contributed by atoms with Crippen LogP contribution in [-0.2, 0) is 4.74 Å². The largest absolute Gasteiger partial charge is 0.451 e. The number of nitrogens with zero attached hydrogens (tertiary/aromatic N) is 2. The van der Waals surface area contributed by atoms with Gasteiger partial charge < -0.3 is 9.47 Å². The van der Waals surface area contributed by atoms with E-state index in [1.807, 2.05) is 24.3 Å². The van der Waals surface area contributed by atoms with Crippen LogP contribution < -0.4 is 9.47 Å². The monoisotopic (exact) mass is 659 g/mol. The molecular formula is C42H78N2O3. The fourth-order valence-corrected chi connectivity index (χ4v) is 6.72. The van der Waals surface area contributed by atoms with E-state index < -0.39 is 12.8 Å². The maximum absolute atomic E-state index is 6.48. The minimum absolute atomic E-state index is 0.462. The Morgan fingerprint density at radius 1 is 0.426 bits per heavy atom. The van der Waals surface area contributed by atoms with Crippen molar-refractivity contribution in [2.75, 3.05) is 27.2 Å². The van der Waals surface area contributed by atoms with E-state index in [1.165, 1.54) is 167 Å². The topological polar surface area (TPSA) is 34.2 Å². The lowest BCUT2D eigenvalue weighted by Gasteiger charge is -2.36. The van der Waals surface area contributed by atoms with E-state index >= 15 is 0 Å². The SMILES string of the molecule is CCCCCCCCCCCCCCCCN(C)C1Oc2cccc(c2)OC(N(C)CCCCCCCCCCCCCCCC)O1. The lowest BCUT2D eigenvalue weighted by molar-refractivity contribution is -0.282. The Balaban J connectivity index is 1.57. The van der Waals surface area contributed by atoms with Gasteiger partial charge in [-0.2, -0.15) is 0 Å². The first-order valence-corrected chi connectivity index (χ1v) is 20.6. The molecule has 5 heteroatoms. The number of benzene rings is 1. The highest BCUT2D eigenvalue weighted by molar-refractivity contribution is 5.33. The Morgan fingerprint density at radius 2 is 0.702 bits per heavy atom. The maximum atomic E-state index is 6.48. The van der Waals surface area contributed by atoms with Gasteiger partial charge in [-0.15, -0.1) is 0 Å². The number of ether oxygens (including phenoxy) is 3. The van der Waals surface area contributed by atoms with Crippen LogP contribution >= 0.6 is 0 Å². The summed E-state index contributed by atoms with van der Waals surface area (Å²) in [5.74, 6) is 1.60. The molecule has 1 aromatic rings. The van der Waals surface area contributed by atoms with Gasteiger partial charge in [0.15, 0.2) is 0 Å². The van der Waals surface area contributed by atoms with Crippen molar-refractivity contribution in [3.63, 3.8) is 0 Å². The van der Waals surface area contributed by atoms with Gasteiger partial charge in [0.25, 0.3) is 12.8 Å². The Bertz CT molecular complexity index is 760. The van der Waals surface area contributed by atoms with Gasteiger partial charge in [-0.25, -0.2) is 9.80 Å². The molecule has 2 atom stereocenters. The molecule has 1 heterocycles. The van der Waals surface area contributed by atoms with Crippen LogP contribution in [0.5, 0.6) is 11.5 Å². The molecule has 1 aliphatic rings. The van der Waals surface area contributed by atoms with Gasteiger partial charge in [0.2, 0.25) is 0 Å². The van der Waals surface area contributed by atoms with E-state index in [0.29, 0.717) is 0 Å². The highest BCUT2D eigenvalue weighted by atomic mass is 16.8. The van der Waals surface area contributed by atoms with E-state index in [2.05, 4.69) is 37.7 Å². The third-order valence-corrected chi connectivity index (χ3v) is 9.96. The van der Waals surface area contributed by atoms with Crippen molar-refractivity contribution in [2.24, 2.45) is 0 Å². The second-order valence-corrected chi connectivity index (χ2v) is 14.6. The van der Waals surface area contributed by atoms with Crippen LogP contribution in [-0.4, -0.2) is 49.8 Å². The molecule has 0 N–H and O–H groups in total. The fourth-order valence-electron chi connectivity index (χ4n) is 6.72. The lowest BCUT2D eigenvalue weighted by Crippen LogP contribution is -2.49. The zero-order valence-electron chi connectivity index (χ0n) is 31.8. The van der Waals surface area contributed by atoms with E-state index in [9.17, 15) is 0 Å². The predicted molar refractivity (Wildman–Crippen MR) is 202 cm³/mol. The van der Waals surface area contributed by atoms with E-state index in [1.54, 1.807) is 0 Å². The van der Waals surface area contributed by atoms with Crippen LogP contribution in [0.25, 0.3) is 0 Å². The molecular weight excluding hydrogens is 580 g/mol. The van der Waals surface area contributed by atoms with Crippen LogP contribution in [0.2, 0.25) is 0 Å². The van der Waals surface area contributed by atoms with Crippen molar-refractivity contribution in [3.05, 3.63) is 24.3 Å². The van der Waals surface area contributed by atoms with Crippen molar-refractivity contribution >= 4 is 0 Å². The van der Waals surface area contributed by atoms with Crippen LogP contribution in [0.15, 0.2) is 24.3 Å². The molecule has 2 bridgehead atoms. The molecule has 0 fully saturated rings.